The Labute approximate surface area is 84.2 Å². The van der Waals surface area contributed by atoms with E-state index in [0.29, 0.717) is 11.8 Å². The zero-order valence-electron chi connectivity index (χ0n) is 8.19. The highest BCUT2D eigenvalue weighted by atomic mass is 16.3. The quantitative estimate of drug-likeness (QED) is 0.733. The minimum Gasteiger partial charge on any atom is -0.506 e. The highest BCUT2D eigenvalue weighted by molar-refractivity contribution is 5.59. The van der Waals surface area contributed by atoms with E-state index in [1.165, 1.54) is 19.3 Å². The minimum atomic E-state index is 0.431. The first kappa shape index (κ1) is 8.16. The van der Waals surface area contributed by atoms with Crippen LogP contribution in [0.25, 0.3) is 0 Å². The number of phenolic OH excluding ortho intramolecular Hbond substituents is 1. The topological polar surface area (TPSA) is 23.5 Å². The molecule has 0 amide bonds. The number of nitrogens with zero attached hydrogens (tertiary/aromatic N) is 1. The fraction of sp³-hybridized carbons (Fsp3) is 0.500. The van der Waals surface area contributed by atoms with Crippen LogP contribution in [0, 0.1) is 5.92 Å². The Balaban J connectivity index is 1.93. The predicted octanol–water partition coefficient (Wildman–Crippen LogP) is 2.38. The van der Waals surface area contributed by atoms with Gasteiger partial charge in [-0.1, -0.05) is 12.1 Å². The number of benzene rings is 1. The third-order valence-corrected chi connectivity index (χ3v) is 3.60. The van der Waals surface area contributed by atoms with E-state index in [1.54, 1.807) is 6.07 Å². The molecular formula is C12H15NO. The van der Waals surface area contributed by atoms with Gasteiger partial charge in [0.05, 0.1) is 5.69 Å². The zero-order valence-corrected chi connectivity index (χ0v) is 8.19. The zero-order chi connectivity index (χ0) is 9.54. The number of rotatable bonds is 1. The van der Waals surface area contributed by atoms with E-state index >= 15 is 0 Å². The van der Waals surface area contributed by atoms with Crippen molar-refractivity contribution in [1.82, 2.24) is 0 Å². The van der Waals surface area contributed by atoms with Gasteiger partial charge < -0.3 is 10.0 Å². The molecule has 2 aliphatic rings. The van der Waals surface area contributed by atoms with Crippen LogP contribution in [-0.2, 0) is 0 Å². The molecule has 1 aromatic carbocycles. The average molecular weight is 189 g/mol. The van der Waals surface area contributed by atoms with Crippen LogP contribution in [0.2, 0.25) is 0 Å². The number of aromatic hydroxyl groups is 1. The van der Waals surface area contributed by atoms with Crippen molar-refractivity contribution < 1.29 is 5.11 Å². The van der Waals surface area contributed by atoms with E-state index in [1.807, 2.05) is 18.2 Å². The Bertz CT molecular complexity index is 350. The lowest BCUT2D eigenvalue weighted by Crippen LogP contribution is -2.31. The van der Waals surface area contributed by atoms with Crippen molar-refractivity contribution in [3.05, 3.63) is 24.3 Å². The number of piperidine rings is 1. The molecule has 0 spiro atoms. The number of phenols is 1. The molecule has 2 heteroatoms. The summed E-state index contributed by atoms with van der Waals surface area (Å²) in [5.41, 5.74) is 1.03. The molecule has 0 radical (unpaired) electrons. The number of fused-ring (bicyclic) bond motifs is 2. The van der Waals surface area contributed by atoms with Gasteiger partial charge >= 0.3 is 0 Å². The molecule has 1 saturated heterocycles. The SMILES string of the molecule is Oc1ccccc1N1CC2CCC1C2. The van der Waals surface area contributed by atoms with Gasteiger partial charge in [-0.2, -0.15) is 0 Å². The molecule has 2 unspecified atom stereocenters. The summed E-state index contributed by atoms with van der Waals surface area (Å²) in [6, 6.07) is 8.37. The maximum absolute atomic E-state index is 9.76. The second-order valence-corrected chi connectivity index (χ2v) is 4.47. The molecule has 2 fully saturated rings. The van der Waals surface area contributed by atoms with Crippen LogP contribution in [0.5, 0.6) is 5.75 Å². The second kappa shape index (κ2) is 2.91. The van der Waals surface area contributed by atoms with Gasteiger partial charge in [-0.25, -0.2) is 0 Å². The van der Waals surface area contributed by atoms with Crippen LogP contribution in [0.4, 0.5) is 5.69 Å². The number of hydrogen-bond donors (Lipinski definition) is 1. The molecule has 0 aromatic heterocycles. The fourth-order valence-corrected chi connectivity index (χ4v) is 2.93. The van der Waals surface area contributed by atoms with Gasteiger partial charge in [0, 0.05) is 12.6 Å². The minimum absolute atomic E-state index is 0.431. The van der Waals surface area contributed by atoms with Crippen LogP contribution >= 0.6 is 0 Å². The van der Waals surface area contributed by atoms with Crippen molar-refractivity contribution in [2.45, 2.75) is 25.3 Å². The van der Waals surface area contributed by atoms with E-state index in [4.69, 9.17) is 0 Å². The normalized spacial score (nSPS) is 29.9. The Morgan fingerprint density at radius 3 is 2.71 bits per heavy atom. The lowest BCUT2D eigenvalue weighted by Gasteiger charge is -2.29. The first-order valence-corrected chi connectivity index (χ1v) is 5.39. The molecular weight excluding hydrogens is 174 g/mol. The van der Waals surface area contributed by atoms with Crippen LogP contribution in [0.15, 0.2) is 24.3 Å². The van der Waals surface area contributed by atoms with E-state index in [9.17, 15) is 5.11 Å². The molecule has 2 nitrogen and oxygen atoms in total. The summed E-state index contributed by atoms with van der Waals surface area (Å²) in [4.78, 5) is 2.38. The number of anilines is 1. The van der Waals surface area contributed by atoms with Gasteiger partial charge in [0.25, 0.3) is 0 Å². The summed E-state index contributed by atoms with van der Waals surface area (Å²) in [5.74, 6) is 1.31. The molecule has 1 aliphatic carbocycles. The van der Waals surface area contributed by atoms with Crippen molar-refractivity contribution >= 4 is 5.69 Å². The van der Waals surface area contributed by atoms with Crippen molar-refractivity contribution in [2.24, 2.45) is 5.92 Å². The van der Waals surface area contributed by atoms with E-state index in [-0.39, 0.29) is 0 Å². The Morgan fingerprint density at radius 2 is 2.07 bits per heavy atom. The summed E-state index contributed by atoms with van der Waals surface area (Å²) in [5, 5.41) is 9.76. The molecule has 14 heavy (non-hydrogen) atoms. The first-order valence-electron chi connectivity index (χ1n) is 5.39. The monoisotopic (exact) mass is 189 g/mol. The summed E-state index contributed by atoms with van der Waals surface area (Å²) >= 11 is 0. The van der Waals surface area contributed by atoms with Crippen molar-refractivity contribution in [1.29, 1.82) is 0 Å². The van der Waals surface area contributed by atoms with Crippen LogP contribution in [0.1, 0.15) is 19.3 Å². The van der Waals surface area contributed by atoms with Crippen LogP contribution in [-0.4, -0.2) is 17.7 Å². The molecule has 1 heterocycles. The van der Waals surface area contributed by atoms with Gasteiger partial charge in [-0.15, -0.1) is 0 Å². The van der Waals surface area contributed by atoms with Crippen LogP contribution in [0.3, 0.4) is 0 Å². The smallest absolute Gasteiger partial charge is 0.138 e. The van der Waals surface area contributed by atoms with Gasteiger partial charge in [0.15, 0.2) is 0 Å². The molecule has 3 rings (SSSR count). The van der Waals surface area contributed by atoms with Gasteiger partial charge in [-0.3, -0.25) is 0 Å². The standard InChI is InChI=1S/C12H15NO/c14-12-4-2-1-3-11(12)13-8-9-5-6-10(13)7-9/h1-4,9-10,14H,5-8H2. The molecule has 1 aliphatic heterocycles. The molecule has 1 saturated carbocycles. The Morgan fingerprint density at radius 1 is 1.21 bits per heavy atom. The summed E-state index contributed by atoms with van der Waals surface area (Å²) in [6.07, 6.45) is 4.02. The summed E-state index contributed by atoms with van der Waals surface area (Å²) < 4.78 is 0. The van der Waals surface area contributed by atoms with E-state index < -0.39 is 0 Å². The fourth-order valence-electron chi connectivity index (χ4n) is 2.93. The maximum atomic E-state index is 9.76. The third-order valence-electron chi connectivity index (χ3n) is 3.60. The van der Waals surface area contributed by atoms with Gasteiger partial charge in [-0.05, 0) is 37.3 Å². The Hall–Kier alpha value is -1.18. The second-order valence-electron chi connectivity index (χ2n) is 4.47. The molecule has 2 bridgehead atoms. The predicted molar refractivity (Wildman–Crippen MR) is 56.6 cm³/mol. The summed E-state index contributed by atoms with van der Waals surface area (Å²) in [7, 11) is 0. The number of para-hydroxylation sites is 2. The van der Waals surface area contributed by atoms with Crippen molar-refractivity contribution in [3.8, 4) is 5.75 Å². The molecule has 74 valence electrons. The first-order chi connectivity index (χ1) is 6.84. The highest BCUT2D eigenvalue weighted by Gasteiger charge is 2.38. The third kappa shape index (κ3) is 1.10. The van der Waals surface area contributed by atoms with E-state index in [0.717, 1.165) is 18.2 Å². The van der Waals surface area contributed by atoms with E-state index in [2.05, 4.69) is 4.90 Å². The van der Waals surface area contributed by atoms with Crippen LogP contribution < -0.4 is 4.90 Å². The molecule has 2 atom stereocenters. The number of hydrogen-bond acceptors (Lipinski definition) is 2. The van der Waals surface area contributed by atoms with Crippen molar-refractivity contribution in [3.63, 3.8) is 0 Å². The lowest BCUT2D eigenvalue weighted by molar-refractivity contribution is 0.468. The molecule has 1 N–H and O–H groups in total. The summed E-state index contributed by atoms with van der Waals surface area (Å²) in [6.45, 7) is 1.14. The van der Waals surface area contributed by atoms with Crippen molar-refractivity contribution in [2.75, 3.05) is 11.4 Å². The average Bonchev–Trinajstić information content (AvgIpc) is 2.79. The van der Waals surface area contributed by atoms with Gasteiger partial charge in [0.1, 0.15) is 5.75 Å². The molecule has 1 aromatic rings. The Kier molecular flexibility index (Phi) is 1.69. The lowest BCUT2D eigenvalue weighted by atomic mass is 10.1. The largest absolute Gasteiger partial charge is 0.506 e. The highest BCUT2D eigenvalue weighted by Crippen LogP contribution is 2.42. The van der Waals surface area contributed by atoms with Gasteiger partial charge in [0.2, 0.25) is 0 Å². The maximum Gasteiger partial charge on any atom is 0.138 e.